The fourth-order valence-electron chi connectivity index (χ4n) is 5.13. The highest BCUT2D eigenvalue weighted by molar-refractivity contribution is 5.69. The number of hydrogen-bond acceptors (Lipinski definition) is 6. The molecule has 1 aliphatic heterocycles. The number of aromatic nitrogens is 6. The quantitative estimate of drug-likeness (QED) is 0.229. The molecule has 1 aliphatic carbocycles. The Bertz CT molecular complexity index is 1510. The number of aryl methyl sites for hydroxylation is 1. The highest BCUT2D eigenvalue weighted by atomic mass is 19.4. The lowest BCUT2D eigenvalue weighted by Crippen LogP contribution is -2.20. The molecule has 0 spiro atoms. The third-order valence-electron chi connectivity index (χ3n) is 7.34. The first-order valence-electron chi connectivity index (χ1n) is 13.2. The molecule has 1 fully saturated rings. The lowest BCUT2D eigenvalue weighted by atomic mass is 10.0. The molecule has 12 heteroatoms. The van der Waals surface area contributed by atoms with Crippen molar-refractivity contribution in [2.75, 3.05) is 13.8 Å². The summed E-state index contributed by atoms with van der Waals surface area (Å²) in [4.78, 5) is 12.6. The number of methoxy groups -OCH3 is 1. The number of ether oxygens (including phenoxy) is 2. The normalized spacial score (nSPS) is 17.9. The fourth-order valence-corrected chi connectivity index (χ4v) is 5.13. The molecular formula is C28H28F4N6O2. The predicted octanol–water partition coefficient (Wildman–Crippen LogP) is 6.55. The van der Waals surface area contributed by atoms with E-state index >= 15 is 0 Å². The largest absolute Gasteiger partial charge is 0.484 e. The maximum atomic E-state index is 13.4. The molecule has 210 valence electrons. The Morgan fingerprint density at radius 1 is 1.10 bits per heavy atom. The Morgan fingerprint density at radius 3 is 2.55 bits per heavy atom. The number of benzene rings is 1. The van der Waals surface area contributed by atoms with Crippen molar-refractivity contribution in [3.63, 3.8) is 0 Å². The van der Waals surface area contributed by atoms with Crippen LogP contribution in [0, 0.1) is 0 Å². The van der Waals surface area contributed by atoms with Crippen LogP contribution < -0.4 is 9.47 Å². The van der Waals surface area contributed by atoms with Gasteiger partial charge in [0.25, 0.3) is 0 Å². The van der Waals surface area contributed by atoms with Gasteiger partial charge in [0.1, 0.15) is 36.4 Å². The van der Waals surface area contributed by atoms with Gasteiger partial charge in [-0.25, -0.2) is 19.3 Å². The van der Waals surface area contributed by atoms with Crippen molar-refractivity contribution in [3.05, 3.63) is 59.9 Å². The third kappa shape index (κ3) is 4.90. The van der Waals surface area contributed by atoms with Gasteiger partial charge in [-0.1, -0.05) is 0 Å². The molecule has 6 rings (SSSR count). The Morgan fingerprint density at radius 2 is 1.88 bits per heavy atom. The van der Waals surface area contributed by atoms with Gasteiger partial charge < -0.3 is 14.0 Å². The van der Waals surface area contributed by atoms with Crippen molar-refractivity contribution in [2.24, 2.45) is 0 Å². The summed E-state index contributed by atoms with van der Waals surface area (Å²) in [5.74, 6) is 1.48. The third-order valence-corrected chi connectivity index (χ3v) is 7.34. The standard InChI is InChI=1S/C28H28F4N6O2/c1-16(13-29)37-14-23(28(30,31)32)35-26(37)18-7-9-19(10-8-18)40-22-4-3-11-38-21(22)12-20(36-38)24-25(17-5-6-17)33-15-34-27(24)39-2/h7-10,12,14-17,22H,3-6,11,13H2,1-2H3/t16?,22-/m0/s1. The Hall–Kier alpha value is -3.96. The average Bonchev–Trinajstić information content (AvgIpc) is 3.53. The minimum atomic E-state index is -4.63. The van der Waals surface area contributed by atoms with E-state index in [2.05, 4.69) is 15.0 Å². The molecule has 4 heterocycles. The molecule has 1 aromatic carbocycles. The van der Waals surface area contributed by atoms with Crippen molar-refractivity contribution in [3.8, 4) is 34.3 Å². The van der Waals surface area contributed by atoms with E-state index < -0.39 is 24.6 Å². The van der Waals surface area contributed by atoms with Gasteiger partial charge in [0.05, 0.1) is 30.1 Å². The SMILES string of the molecule is COc1ncnc(C2CC2)c1-c1cc2n(n1)CCC[C@@H]2Oc1ccc(-c2nc(C(F)(F)F)cn2C(C)CF)cc1. The number of imidazole rings is 1. The lowest BCUT2D eigenvalue weighted by molar-refractivity contribution is -0.140. The van der Waals surface area contributed by atoms with Crippen LogP contribution in [-0.2, 0) is 12.7 Å². The number of nitrogens with zero attached hydrogens (tertiary/aromatic N) is 6. The molecule has 1 saturated carbocycles. The second-order valence-electron chi connectivity index (χ2n) is 10.2. The van der Waals surface area contributed by atoms with E-state index in [0.29, 0.717) is 23.1 Å². The van der Waals surface area contributed by atoms with E-state index in [1.165, 1.54) is 17.8 Å². The van der Waals surface area contributed by atoms with Crippen LogP contribution in [0.4, 0.5) is 17.6 Å². The van der Waals surface area contributed by atoms with E-state index in [4.69, 9.17) is 14.6 Å². The highest BCUT2D eigenvalue weighted by Crippen LogP contribution is 2.46. The zero-order valence-corrected chi connectivity index (χ0v) is 22.0. The van der Waals surface area contributed by atoms with Gasteiger partial charge >= 0.3 is 6.18 Å². The van der Waals surface area contributed by atoms with E-state index in [1.807, 2.05) is 10.7 Å². The Balaban J connectivity index is 1.27. The molecule has 1 unspecified atom stereocenters. The molecule has 0 amide bonds. The van der Waals surface area contributed by atoms with E-state index in [-0.39, 0.29) is 11.9 Å². The van der Waals surface area contributed by atoms with Crippen LogP contribution in [0.15, 0.2) is 42.9 Å². The number of halogens is 4. The smallest absolute Gasteiger partial charge is 0.434 e. The fraction of sp³-hybridized carbons (Fsp3) is 0.429. The summed E-state index contributed by atoms with van der Waals surface area (Å²) in [7, 11) is 1.59. The van der Waals surface area contributed by atoms with E-state index in [0.717, 1.165) is 61.1 Å². The zero-order chi connectivity index (χ0) is 28.0. The van der Waals surface area contributed by atoms with E-state index in [1.54, 1.807) is 31.4 Å². The number of alkyl halides is 4. The molecule has 0 bridgehead atoms. The molecule has 0 N–H and O–H groups in total. The lowest BCUT2D eigenvalue weighted by Gasteiger charge is -2.24. The molecule has 3 aromatic heterocycles. The van der Waals surface area contributed by atoms with Crippen molar-refractivity contribution >= 4 is 0 Å². The topological polar surface area (TPSA) is 79.9 Å². The van der Waals surface area contributed by atoms with Gasteiger partial charge in [0, 0.05) is 24.2 Å². The Kier molecular flexibility index (Phi) is 6.71. The van der Waals surface area contributed by atoms with Crippen LogP contribution in [-0.4, -0.2) is 43.1 Å². The second-order valence-corrected chi connectivity index (χ2v) is 10.2. The summed E-state index contributed by atoms with van der Waals surface area (Å²) in [6.07, 6.45) is 1.27. The van der Waals surface area contributed by atoms with Crippen LogP contribution in [0.2, 0.25) is 0 Å². The summed E-state index contributed by atoms with van der Waals surface area (Å²) in [6, 6.07) is 7.87. The maximum Gasteiger partial charge on any atom is 0.434 e. The first-order chi connectivity index (χ1) is 19.3. The number of hydrogen-bond donors (Lipinski definition) is 0. The van der Waals surface area contributed by atoms with E-state index in [9.17, 15) is 17.6 Å². The van der Waals surface area contributed by atoms with Gasteiger partial charge in [-0.05, 0) is 62.9 Å². The van der Waals surface area contributed by atoms with Gasteiger partial charge in [0.2, 0.25) is 5.88 Å². The summed E-state index contributed by atoms with van der Waals surface area (Å²) in [6.45, 7) is 1.44. The van der Waals surface area contributed by atoms with Gasteiger partial charge in [0.15, 0.2) is 5.69 Å². The molecule has 0 saturated heterocycles. The molecule has 0 radical (unpaired) electrons. The molecule has 2 atom stereocenters. The van der Waals surface area contributed by atoms with Crippen LogP contribution in [0.5, 0.6) is 11.6 Å². The van der Waals surface area contributed by atoms with Gasteiger partial charge in [-0.3, -0.25) is 4.68 Å². The predicted molar refractivity (Wildman–Crippen MR) is 138 cm³/mol. The van der Waals surface area contributed by atoms with Gasteiger partial charge in [-0.15, -0.1) is 0 Å². The highest BCUT2D eigenvalue weighted by Gasteiger charge is 2.36. The number of fused-ring (bicyclic) bond motifs is 1. The summed E-state index contributed by atoms with van der Waals surface area (Å²) in [5.41, 5.74) is 2.80. The monoisotopic (exact) mass is 556 g/mol. The first kappa shape index (κ1) is 26.3. The summed E-state index contributed by atoms with van der Waals surface area (Å²) in [5, 5.41) is 4.85. The van der Waals surface area contributed by atoms with Crippen molar-refractivity contribution in [2.45, 2.75) is 63.4 Å². The van der Waals surface area contributed by atoms with Crippen LogP contribution in [0.3, 0.4) is 0 Å². The Labute approximate surface area is 228 Å². The molecule has 40 heavy (non-hydrogen) atoms. The zero-order valence-electron chi connectivity index (χ0n) is 22.0. The molecule has 8 nitrogen and oxygen atoms in total. The second kappa shape index (κ2) is 10.2. The minimum absolute atomic E-state index is 0.0508. The first-order valence-corrected chi connectivity index (χ1v) is 13.2. The van der Waals surface area contributed by atoms with Crippen molar-refractivity contribution < 1.29 is 27.0 Å². The minimum Gasteiger partial charge on any atom is -0.484 e. The van der Waals surface area contributed by atoms with Crippen molar-refractivity contribution in [1.29, 1.82) is 0 Å². The average molecular weight is 557 g/mol. The van der Waals surface area contributed by atoms with Crippen molar-refractivity contribution in [1.82, 2.24) is 29.3 Å². The summed E-state index contributed by atoms with van der Waals surface area (Å²) >= 11 is 0. The van der Waals surface area contributed by atoms with Gasteiger partial charge in [-0.2, -0.15) is 18.3 Å². The van der Waals surface area contributed by atoms with Crippen LogP contribution in [0.1, 0.15) is 67.8 Å². The number of rotatable bonds is 8. The van der Waals surface area contributed by atoms with Crippen LogP contribution >= 0.6 is 0 Å². The van der Waals surface area contributed by atoms with Crippen LogP contribution in [0.25, 0.3) is 22.6 Å². The molecule has 4 aromatic rings. The molecular weight excluding hydrogens is 528 g/mol. The maximum absolute atomic E-state index is 13.4. The molecule has 2 aliphatic rings. The summed E-state index contributed by atoms with van der Waals surface area (Å²) < 4.78 is 68.4.